The van der Waals surface area contributed by atoms with Crippen molar-refractivity contribution >= 4 is 12.3 Å². The van der Waals surface area contributed by atoms with E-state index in [9.17, 15) is 9.59 Å². The predicted octanol–water partition coefficient (Wildman–Crippen LogP) is 3.51. The zero-order valence-electron chi connectivity index (χ0n) is 12.1. The predicted molar refractivity (Wildman–Crippen MR) is 82.9 cm³/mol. The molecule has 0 saturated carbocycles. The first-order chi connectivity index (χ1) is 11.3. The minimum absolute atomic E-state index is 0.0545. The summed E-state index contributed by atoms with van der Waals surface area (Å²) in [5.41, 5.74) is 1.77. The molecular weight excluding hydrogens is 294 g/mol. The van der Waals surface area contributed by atoms with Crippen LogP contribution in [-0.2, 0) is 11.3 Å². The van der Waals surface area contributed by atoms with Gasteiger partial charge in [-0.2, -0.15) is 0 Å². The molecule has 0 radical (unpaired) electrons. The van der Waals surface area contributed by atoms with Gasteiger partial charge in [0.1, 0.15) is 6.29 Å². The van der Waals surface area contributed by atoms with Crippen LogP contribution in [0.25, 0.3) is 11.3 Å². The Labute approximate surface area is 132 Å². The minimum atomic E-state index is -0.498. The fourth-order valence-corrected chi connectivity index (χ4v) is 2.02. The Kier molecular flexibility index (Phi) is 4.29. The number of oxazole rings is 1. The lowest BCUT2D eigenvalue weighted by molar-refractivity contribution is 0.0439. The molecule has 0 fully saturated rings. The average Bonchev–Trinajstić information content (AvgIpc) is 3.09. The summed E-state index contributed by atoms with van der Waals surface area (Å²) in [4.78, 5) is 26.6. The van der Waals surface area contributed by atoms with E-state index in [2.05, 4.69) is 4.98 Å². The number of nitrogens with zero attached hydrogens (tertiary/aromatic N) is 1. The van der Waals surface area contributed by atoms with Crippen molar-refractivity contribution in [1.82, 2.24) is 4.98 Å². The third kappa shape index (κ3) is 3.52. The molecule has 0 spiro atoms. The molecule has 1 heterocycles. The summed E-state index contributed by atoms with van der Waals surface area (Å²) in [6.45, 7) is -0.0545. The van der Waals surface area contributed by atoms with E-state index in [1.165, 1.54) is 12.1 Å². The highest BCUT2D eigenvalue weighted by Gasteiger charge is 2.11. The number of hydrogen-bond acceptors (Lipinski definition) is 5. The van der Waals surface area contributed by atoms with Crippen LogP contribution < -0.4 is 0 Å². The number of aldehydes is 1. The molecule has 0 bridgehead atoms. The van der Waals surface area contributed by atoms with Crippen molar-refractivity contribution in [2.45, 2.75) is 6.61 Å². The molecule has 0 atom stereocenters. The van der Waals surface area contributed by atoms with Gasteiger partial charge in [0.05, 0.1) is 11.8 Å². The van der Waals surface area contributed by atoms with E-state index in [1.807, 2.05) is 30.3 Å². The van der Waals surface area contributed by atoms with Gasteiger partial charge in [0.15, 0.2) is 12.4 Å². The van der Waals surface area contributed by atoms with Gasteiger partial charge in [-0.15, -0.1) is 0 Å². The highest BCUT2D eigenvalue weighted by molar-refractivity contribution is 5.90. The number of carbonyl (C=O) groups excluding carboxylic acids is 2. The number of aromatic nitrogens is 1. The van der Waals surface area contributed by atoms with Crippen molar-refractivity contribution in [2.24, 2.45) is 0 Å². The van der Waals surface area contributed by atoms with Crippen LogP contribution in [0.15, 0.2) is 65.2 Å². The molecular formula is C18H13NO4. The van der Waals surface area contributed by atoms with E-state index in [0.29, 0.717) is 29.1 Å². The fourth-order valence-electron chi connectivity index (χ4n) is 2.02. The highest BCUT2D eigenvalue weighted by atomic mass is 16.5. The lowest BCUT2D eigenvalue weighted by Crippen LogP contribution is -2.05. The first-order valence-corrected chi connectivity index (χ1v) is 6.99. The smallest absolute Gasteiger partial charge is 0.338 e. The first-order valence-electron chi connectivity index (χ1n) is 6.99. The van der Waals surface area contributed by atoms with Crippen LogP contribution in [0.1, 0.15) is 26.6 Å². The Morgan fingerprint density at radius 1 is 1.09 bits per heavy atom. The molecule has 0 aliphatic heterocycles. The van der Waals surface area contributed by atoms with Crippen molar-refractivity contribution in [2.75, 3.05) is 0 Å². The van der Waals surface area contributed by atoms with E-state index >= 15 is 0 Å². The SMILES string of the molecule is O=Cc1ccc(C(=O)OCc2ncc(-c3ccccc3)o2)cc1. The quantitative estimate of drug-likeness (QED) is 0.533. The van der Waals surface area contributed by atoms with E-state index in [-0.39, 0.29) is 6.61 Å². The Balaban J connectivity index is 1.63. The van der Waals surface area contributed by atoms with Crippen LogP contribution in [0.4, 0.5) is 0 Å². The van der Waals surface area contributed by atoms with E-state index in [0.717, 1.165) is 5.56 Å². The molecule has 5 nitrogen and oxygen atoms in total. The van der Waals surface area contributed by atoms with Crippen molar-refractivity contribution < 1.29 is 18.7 Å². The van der Waals surface area contributed by atoms with Crippen molar-refractivity contribution in [3.05, 3.63) is 77.8 Å². The fraction of sp³-hybridized carbons (Fsp3) is 0.0556. The van der Waals surface area contributed by atoms with Gasteiger partial charge in [0.2, 0.25) is 5.89 Å². The molecule has 114 valence electrons. The second-order valence-corrected chi connectivity index (χ2v) is 4.80. The Morgan fingerprint density at radius 3 is 2.52 bits per heavy atom. The summed E-state index contributed by atoms with van der Waals surface area (Å²) in [5.74, 6) is 0.440. The monoisotopic (exact) mass is 307 g/mol. The van der Waals surface area contributed by atoms with E-state index in [1.54, 1.807) is 18.3 Å². The van der Waals surface area contributed by atoms with Crippen LogP contribution >= 0.6 is 0 Å². The van der Waals surface area contributed by atoms with Crippen molar-refractivity contribution in [1.29, 1.82) is 0 Å². The van der Waals surface area contributed by atoms with Gasteiger partial charge in [-0.25, -0.2) is 9.78 Å². The number of esters is 1. The normalized spacial score (nSPS) is 10.3. The van der Waals surface area contributed by atoms with Crippen molar-refractivity contribution in [3.8, 4) is 11.3 Å². The molecule has 3 aromatic rings. The third-order valence-electron chi connectivity index (χ3n) is 3.22. The summed E-state index contributed by atoms with van der Waals surface area (Å²) < 4.78 is 10.7. The first kappa shape index (κ1) is 14.7. The van der Waals surface area contributed by atoms with Crippen molar-refractivity contribution in [3.63, 3.8) is 0 Å². The summed E-state index contributed by atoms with van der Waals surface area (Å²) >= 11 is 0. The van der Waals surface area contributed by atoms with Crippen LogP contribution in [0, 0.1) is 0 Å². The molecule has 0 aliphatic carbocycles. The zero-order valence-corrected chi connectivity index (χ0v) is 12.1. The number of rotatable bonds is 5. The van der Waals surface area contributed by atoms with Gasteiger partial charge < -0.3 is 9.15 Å². The molecule has 0 unspecified atom stereocenters. The average molecular weight is 307 g/mol. The van der Waals surface area contributed by atoms with Gasteiger partial charge >= 0.3 is 5.97 Å². The molecule has 1 aromatic heterocycles. The van der Waals surface area contributed by atoms with E-state index in [4.69, 9.17) is 9.15 Å². The molecule has 0 saturated heterocycles. The molecule has 0 amide bonds. The highest BCUT2D eigenvalue weighted by Crippen LogP contribution is 2.20. The maximum absolute atomic E-state index is 11.9. The largest absolute Gasteiger partial charge is 0.452 e. The molecule has 23 heavy (non-hydrogen) atoms. The lowest BCUT2D eigenvalue weighted by Gasteiger charge is -2.02. The number of benzene rings is 2. The standard InChI is InChI=1S/C18H13NO4/c20-11-13-6-8-15(9-7-13)18(21)22-12-17-19-10-16(23-17)14-4-2-1-3-5-14/h1-11H,12H2. The molecule has 0 aliphatic rings. The zero-order chi connectivity index (χ0) is 16.1. The van der Waals surface area contributed by atoms with Crippen LogP contribution in [0.3, 0.4) is 0 Å². The van der Waals surface area contributed by atoms with Crippen LogP contribution in [0.5, 0.6) is 0 Å². The second-order valence-electron chi connectivity index (χ2n) is 4.80. The molecule has 2 aromatic carbocycles. The van der Waals surface area contributed by atoms with Gasteiger partial charge in [0.25, 0.3) is 0 Å². The third-order valence-corrected chi connectivity index (χ3v) is 3.22. The minimum Gasteiger partial charge on any atom is -0.452 e. The Morgan fingerprint density at radius 2 is 1.83 bits per heavy atom. The topological polar surface area (TPSA) is 69.4 Å². The number of hydrogen-bond donors (Lipinski definition) is 0. The summed E-state index contributed by atoms with van der Waals surface area (Å²) in [6.07, 6.45) is 2.31. The maximum Gasteiger partial charge on any atom is 0.338 e. The maximum atomic E-state index is 11.9. The van der Waals surface area contributed by atoms with Gasteiger partial charge in [-0.3, -0.25) is 4.79 Å². The Bertz CT molecular complexity index is 807. The Hall–Kier alpha value is -3.21. The van der Waals surface area contributed by atoms with Gasteiger partial charge in [-0.05, 0) is 12.1 Å². The molecule has 3 rings (SSSR count). The van der Waals surface area contributed by atoms with Gasteiger partial charge in [0, 0.05) is 11.1 Å². The lowest BCUT2D eigenvalue weighted by atomic mass is 10.1. The summed E-state index contributed by atoms with van der Waals surface area (Å²) in [5, 5.41) is 0. The molecule has 5 heteroatoms. The summed E-state index contributed by atoms with van der Waals surface area (Å²) in [7, 11) is 0. The number of carbonyl (C=O) groups is 2. The number of ether oxygens (including phenoxy) is 1. The molecule has 0 N–H and O–H groups in total. The van der Waals surface area contributed by atoms with Crippen LogP contribution in [0.2, 0.25) is 0 Å². The summed E-state index contributed by atoms with van der Waals surface area (Å²) in [6, 6.07) is 15.7. The second kappa shape index (κ2) is 6.70. The van der Waals surface area contributed by atoms with Gasteiger partial charge in [-0.1, -0.05) is 42.5 Å². The van der Waals surface area contributed by atoms with E-state index < -0.39 is 5.97 Å². The van der Waals surface area contributed by atoms with Crippen LogP contribution in [-0.4, -0.2) is 17.2 Å².